The number of aromatic nitrogens is 5. The van der Waals surface area contributed by atoms with Crippen LogP contribution in [-0.4, -0.2) is 24.7 Å². The molecule has 0 saturated heterocycles. The maximum absolute atomic E-state index is 14.9. The molecular weight excluding hydrogens is 541 g/mol. The molecule has 0 aliphatic carbocycles. The molecule has 5 nitrogen and oxygen atoms in total. The molecule has 0 bridgehead atoms. The van der Waals surface area contributed by atoms with Crippen molar-refractivity contribution in [3.8, 4) is 34.0 Å². The maximum Gasteiger partial charge on any atom is 0.417 e. The Balaban J connectivity index is 1.45. The van der Waals surface area contributed by atoms with Gasteiger partial charge in [-0.05, 0) is 35.9 Å². The van der Waals surface area contributed by atoms with Crippen molar-refractivity contribution in [1.82, 2.24) is 24.7 Å². The van der Waals surface area contributed by atoms with E-state index in [0.29, 0.717) is 12.1 Å². The Morgan fingerprint density at radius 2 is 1.49 bits per heavy atom. The van der Waals surface area contributed by atoms with Crippen LogP contribution in [0.5, 0.6) is 0 Å². The molecule has 0 N–H and O–H groups in total. The lowest BCUT2D eigenvalue weighted by atomic mass is 9.99. The number of fused-ring (bicyclic) bond motifs is 1. The summed E-state index contributed by atoms with van der Waals surface area (Å²) in [4.78, 5) is 12.0. The number of alkyl halides is 6. The standard InChI is InChI=1S/C25H12F9N5/c26-17-3-1-2-15(21(17)28)23-37-19-9-36-39(11-20(19)38-23)10-12-6-18(27)22(35-8-12)14-5-4-13(24(29,30)31)7-16(14)25(32,33)34/h1-9,11H,10H2. The molecule has 200 valence electrons. The van der Waals surface area contributed by atoms with E-state index in [0.717, 1.165) is 18.3 Å². The van der Waals surface area contributed by atoms with Gasteiger partial charge in [-0.15, -0.1) is 0 Å². The molecule has 2 aromatic carbocycles. The lowest BCUT2D eigenvalue weighted by molar-refractivity contribution is -0.142. The Morgan fingerprint density at radius 3 is 2.18 bits per heavy atom. The molecule has 0 fully saturated rings. The minimum Gasteiger partial charge on any atom is -0.266 e. The first kappa shape index (κ1) is 26.1. The normalized spacial score (nSPS) is 12.3. The Labute approximate surface area is 212 Å². The summed E-state index contributed by atoms with van der Waals surface area (Å²) in [5.74, 6) is -3.49. The Kier molecular flexibility index (Phi) is 6.27. The lowest BCUT2D eigenvalue weighted by Crippen LogP contribution is -2.13. The molecule has 2 aliphatic rings. The fourth-order valence-electron chi connectivity index (χ4n) is 3.86. The van der Waals surface area contributed by atoms with E-state index in [9.17, 15) is 39.5 Å². The summed E-state index contributed by atoms with van der Waals surface area (Å²) >= 11 is 0. The Bertz CT molecular complexity index is 1660. The zero-order chi connectivity index (χ0) is 28.1. The van der Waals surface area contributed by atoms with Crippen LogP contribution in [0.1, 0.15) is 16.7 Å². The predicted molar refractivity (Wildman–Crippen MR) is 119 cm³/mol. The molecule has 0 atom stereocenters. The summed E-state index contributed by atoms with van der Waals surface area (Å²) in [6.45, 7) is -0.129. The van der Waals surface area contributed by atoms with Crippen LogP contribution in [-0.2, 0) is 18.9 Å². The zero-order valence-electron chi connectivity index (χ0n) is 19.1. The fourth-order valence-corrected chi connectivity index (χ4v) is 3.86. The summed E-state index contributed by atoms with van der Waals surface area (Å²) < 4.78 is 123. The summed E-state index contributed by atoms with van der Waals surface area (Å²) in [7, 11) is 0. The molecule has 2 aliphatic heterocycles. The smallest absolute Gasteiger partial charge is 0.266 e. The largest absolute Gasteiger partial charge is 0.417 e. The van der Waals surface area contributed by atoms with E-state index in [1.54, 1.807) is 0 Å². The van der Waals surface area contributed by atoms with Gasteiger partial charge in [0.05, 0.1) is 35.6 Å². The third-order valence-corrected chi connectivity index (χ3v) is 5.66. The number of rotatable bonds is 4. The van der Waals surface area contributed by atoms with Gasteiger partial charge in [0, 0.05) is 11.8 Å². The van der Waals surface area contributed by atoms with Gasteiger partial charge in [-0.25, -0.2) is 23.1 Å². The van der Waals surface area contributed by atoms with Crippen LogP contribution in [0, 0.1) is 17.5 Å². The number of benzene rings is 2. The van der Waals surface area contributed by atoms with E-state index in [1.165, 1.54) is 29.2 Å². The summed E-state index contributed by atoms with van der Waals surface area (Å²) in [6.07, 6.45) is -6.52. The Morgan fingerprint density at radius 1 is 0.744 bits per heavy atom. The summed E-state index contributed by atoms with van der Waals surface area (Å²) in [5, 5.41) is 4.08. The molecule has 14 heteroatoms. The van der Waals surface area contributed by atoms with Gasteiger partial charge in [0.25, 0.3) is 0 Å². The highest BCUT2D eigenvalue weighted by Crippen LogP contribution is 2.41. The van der Waals surface area contributed by atoms with E-state index < -0.39 is 52.2 Å². The van der Waals surface area contributed by atoms with Crippen LogP contribution in [0.4, 0.5) is 39.5 Å². The minimum atomic E-state index is -5.20. The first-order valence-electron chi connectivity index (χ1n) is 10.9. The maximum atomic E-state index is 14.9. The van der Waals surface area contributed by atoms with Gasteiger partial charge in [0.1, 0.15) is 22.9 Å². The highest BCUT2D eigenvalue weighted by Gasteiger charge is 2.39. The van der Waals surface area contributed by atoms with Crippen LogP contribution >= 0.6 is 0 Å². The number of nitrogens with zero attached hydrogens (tertiary/aromatic N) is 5. The summed E-state index contributed by atoms with van der Waals surface area (Å²) in [5.41, 5.74) is -4.36. The molecule has 39 heavy (non-hydrogen) atoms. The second kappa shape index (κ2) is 9.36. The minimum absolute atomic E-state index is 0.0874. The Hall–Kier alpha value is -4.49. The van der Waals surface area contributed by atoms with E-state index >= 15 is 0 Å². The monoisotopic (exact) mass is 553 g/mol. The van der Waals surface area contributed by atoms with E-state index in [4.69, 9.17) is 0 Å². The third-order valence-electron chi connectivity index (χ3n) is 5.66. The van der Waals surface area contributed by atoms with Gasteiger partial charge in [-0.1, -0.05) is 12.1 Å². The molecule has 0 unspecified atom stereocenters. The molecule has 3 aromatic rings. The SMILES string of the molecule is Fc1cc(Cn2cc3nc(-c4cccc(F)c4F)nc-3cn2)cnc1-c1ccc(C(F)(F)F)cc1C(F)(F)F. The van der Waals surface area contributed by atoms with E-state index in [-0.39, 0.29) is 41.0 Å². The van der Waals surface area contributed by atoms with E-state index in [1.807, 2.05) is 0 Å². The number of hydrogen-bond acceptors (Lipinski definition) is 4. The zero-order valence-corrected chi connectivity index (χ0v) is 19.1. The molecule has 0 radical (unpaired) electrons. The van der Waals surface area contributed by atoms with Gasteiger partial charge < -0.3 is 0 Å². The van der Waals surface area contributed by atoms with Gasteiger partial charge in [-0.3, -0.25) is 9.67 Å². The summed E-state index contributed by atoms with van der Waals surface area (Å²) in [6, 6.07) is 5.25. The van der Waals surface area contributed by atoms with Crippen molar-refractivity contribution in [2.45, 2.75) is 18.9 Å². The van der Waals surface area contributed by atoms with Crippen LogP contribution < -0.4 is 0 Å². The second-order valence-corrected chi connectivity index (χ2v) is 8.32. The first-order chi connectivity index (χ1) is 18.3. The van der Waals surface area contributed by atoms with Gasteiger partial charge >= 0.3 is 12.4 Å². The molecular formula is C25H12F9N5. The average molecular weight is 553 g/mol. The second-order valence-electron chi connectivity index (χ2n) is 8.32. The van der Waals surface area contributed by atoms with Crippen molar-refractivity contribution in [3.63, 3.8) is 0 Å². The lowest BCUT2D eigenvalue weighted by Gasteiger charge is -2.16. The van der Waals surface area contributed by atoms with Gasteiger partial charge in [0.2, 0.25) is 0 Å². The van der Waals surface area contributed by atoms with Crippen molar-refractivity contribution in [1.29, 1.82) is 0 Å². The van der Waals surface area contributed by atoms with Gasteiger partial charge in [-0.2, -0.15) is 31.4 Å². The van der Waals surface area contributed by atoms with Crippen LogP contribution in [0.3, 0.4) is 0 Å². The average Bonchev–Trinajstić information content (AvgIpc) is 3.27. The first-order valence-corrected chi connectivity index (χ1v) is 10.9. The van der Waals surface area contributed by atoms with Crippen LogP contribution in [0.25, 0.3) is 34.0 Å². The van der Waals surface area contributed by atoms with Crippen LogP contribution in [0.15, 0.2) is 61.1 Å². The molecule has 0 saturated carbocycles. The predicted octanol–water partition coefficient (Wildman–Crippen LogP) is 7.01. The van der Waals surface area contributed by atoms with Gasteiger partial charge in [0.15, 0.2) is 17.5 Å². The number of pyridine rings is 1. The van der Waals surface area contributed by atoms with Crippen molar-refractivity contribution >= 4 is 0 Å². The number of halogens is 9. The van der Waals surface area contributed by atoms with E-state index in [2.05, 4.69) is 20.1 Å². The van der Waals surface area contributed by atoms with Crippen molar-refractivity contribution in [3.05, 3.63) is 95.2 Å². The van der Waals surface area contributed by atoms with Crippen molar-refractivity contribution < 1.29 is 39.5 Å². The quantitative estimate of drug-likeness (QED) is 0.225. The molecule has 5 rings (SSSR count). The topological polar surface area (TPSA) is 56.5 Å². The van der Waals surface area contributed by atoms with Crippen molar-refractivity contribution in [2.24, 2.45) is 0 Å². The van der Waals surface area contributed by atoms with Crippen molar-refractivity contribution in [2.75, 3.05) is 0 Å². The van der Waals surface area contributed by atoms with Crippen LogP contribution in [0.2, 0.25) is 0 Å². The molecule has 3 heterocycles. The fraction of sp³-hybridized carbons (Fsp3) is 0.120. The highest BCUT2D eigenvalue weighted by atomic mass is 19.4. The molecule has 0 amide bonds. The number of hydrogen-bond donors (Lipinski definition) is 0. The third kappa shape index (κ3) is 5.13. The highest BCUT2D eigenvalue weighted by molar-refractivity contribution is 5.67. The molecule has 1 aromatic heterocycles. The number of imidazole rings is 1. The molecule has 0 spiro atoms.